The van der Waals surface area contributed by atoms with E-state index < -0.39 is 0 Å². The number of nitrogens with zero attached hydrogens (tertiary/aromatic N) is 8. The molecule has 0 saturated heterocycles. The molecule has 34 heavy (non-hydrogen) atoms. The fourth-order valence-electron chi connectivity index (χ4n) is 2.90. The molecule has 0 aliphatic heterocycles. The molecule has 0 radical (unpaired) electrons. The lowest BCUT2D eigenvalue weighted by Crippen LogP contribution is -2.02. The van der Waals surface area contributed by atoms with Crippen molar-refractivity contribution in [2.75, 3.05) is 14.1 Å². The van der Waals surface area contributed by atoms with Gasteiger partial charge in [0.2, 0.25) is 0 Å². The lowest BCUT2D eigenvalue weighted by molar-refractivity contribution is 0.104. The molecule has 0 fully saturated rings. The number of H-pyrrole nitrogens is 1. The smallest absolute Gasteiger partial charge is 0.190 e. The van der Waals surface area contributed by atoms with Crippen molar-refractivity contribution in [2.45, 2.75) is 0 Å². The van der Waals surface area contributed by atoms with Gasteiger partial charge in [-0.1, -0.05) is 0 Å². The third-order valence-electron chi connectivity index (χ3n) is 4.61. The van der Waals surface area contributed by atoms with Gasteiger partial charge >= 0.3 is 0 Å². The third kappa shape index (κ3) is 5.68. The molecule has 170 valence electrons. The summed E-state index contributed by atoms with van der Waals surface area (Å²) < 4.78 is 3.41. The van der Waals surface area contributed by atoms with Crippen LogP contribution in [-0.4, -0.2) is 64.5 Å². The van der Waals surface area contributed by atoms with Crippen molar-refractivity contribution in [3.05, 3.63) is 104 Å². The zero-order valence-electron chi connectivity index (χ0n) is 18.7. The van der Waals surface area contributed by atoms with Crippen LogP contribution in [0.5, 0.6) is 0 Å². The van der Waals surface area contributed by atoms with Crippen molar-refractivity contribution in [3.8, 4) is 22.6 Å². The Bertz CT molecular complexity index is 1340. The molecule has 5 heterocycles. The summed E-state index contributed by atoms with van der Waals surface area (Å²) in [5, 5.41) is 15.2. The van der Waals surface area contributed by atoms with Crippen LogP contribution in [0.25, 0.3) is 22.6 Å². The molecule has 0 unspecified atom stereocenters. The second-order valence-electron chi connectivity index (χ2n) is 7.38. The zero-order valence-corrected chi connectivity index (χ0v) is 18.7. The first-order valence-corrected chi connectivity index (χ1v) is 10.4. The largest absolute Gasteiger partial charge is 0.383 e. The summed E-state index contributed by atoms with van der Waals surface area (Å²) in [5.41, 5.74) is 4.27. The van der Waals surface area contributed by atoms with Gasteiger partial charge in [0, 0.05) is 62.9 Å². The predicted octanol–water partition coefficient (Wildman–Crippen LogP) is 3.18. The van der Waals surface area contributed by atoms with E-state index in [1.54, 1.807) is 65.1 Å². The molecule has 10 nitrogen and oxygen atoms in total. The molecule has 0 bridgehead atoms. The number of rotatable bonds is 6. The molecule has 0 atom stereocenters. The van der Waals surface area contributed by atoms with Gasteiger partial charge in [0.05, 0.1) is 47.4 Å². The first kappa shape index (κ1) is 22.3. The van der Waals surface area contributed by atoms with E-state index in [1.807, 2.05) is 55.5 Å². The van der Waals surface area contributed by atoms with Crippen LogP contribution in [0.15, 0.2) is 98.4 Å². The van der Waals surface area contributed by atoms with Crippen LogP contribution in [0.3, 0.4) is 0 Å². The Hall–Kier alpha value is -4.86. The highest BCUT2D eigenvalue weighted by atomic mass is 16.1. The van der Waals surface area contributed by atoms with E-state index in [0.29, 0.717) is 5.56 Å². The Labute approximate surface area is 196 Å². The minimum Gasteiger partial charge on any atom is -0.383 e. The van der Waals surface area contributed by atoms with Crippen LogP contribution in [0.2, 0.25) is 0 Å². The number of aromatic amines is 1. The number of carbonyl (C=O) groups is 1. The molecule has 5 aromatic heterocycles. The summed E-state index contributed by atoms with van der Waals surface area (Å²) >= 11 is 0. The van der Waals surface area contributed by atoms with E-state index in [-0.39, 0.29) is 5.78 Å². The van der Waals surface area contributed by atoms with E-state index in [9.17, 15) is 4.79 Å². The molecular formula is C24H23N9O. The second kappa shape index (κ2) is 10.6. The van der Waals surface area contributed by atoms with Crippen LogP contribution in [-0.2, 0) is 0 Å². The minimum atomic E-state index is -0.0705. The van der Waals surface area contributed by atoms with E-state index in [0.717, 1.165) is 22.6 Å². The summed E-state index contributed by atoms with van der Waals surface area (Å²) in [4.78, 5) is 21.7. The third-order valence-corrected chi connectivity index (χ3v) is 4.61. The number of hydrogen-bond donors (Lipinski definition) is 1. The van der Waals surface area contributed by atoms with Crippen molar-refractivity contribution in [2.24, 2.45) is 0 Å². The van der Waals surface area contributed by atoms with E-state index in [4.69, 9.17) is 0 Å². The van der Waals surface area contributed by atoms with Crippen molar-refractivity contribution in [3.63, 3.8) is 0 Å². The monoisotopic (exact) mass is 453 g/mol. The van der Waals surface area contributed by atoms with E-state index in [2.05, 4.69) is 30.4 Å². The summed E-state index contributed by atoms with van der Waals surface area (Å²) in [5.74, 6) is -0.0705. The Morgan fingerprint density at radius 2 is 1.56 bits per heavy atom. The number of pyridine rings is 2. The number of aromatic nitrogens is 8. The van der Waals surface area contributed by atoms with Crippen LogP contribution >= 0.6 is 0 Å². The molecule has 1 N–H and O–H groups in total. The Morgan fingerprint density at radius 1 is 0.882 bits per heavy atom. The van der Waals surface area contributed by atoms with Gasteiger partial charge in [-0.25, -0.2) is 9.36 Å². The van der Waals surface area contributed by atoms with Gasteiger partial charge < -0.3 is 4.90 Å². The SMILES string of the molecule is CN(C)/C=C/C(=O)c1cnn(-c2cccnc2)c1.c1cncc(-n2cc(-c3ccn[nH]3)cn2)c1. The van der Waals surface area contributed by atoms with Gasteiger partial charge in [-0.05, 0) is 30.3 Å². The molecule has 10 heteroatoms. The van der Waals surface area contributed by atoms with Crippen molar-refractivity contribution < 1.29 is 4.79 Å². The van der Waals surface area contributed by atoms with Gasteiger partial charge in [-0.3, -0.25) is 19.9 Å². The normalized spacial score (nSPS) is 10.6. The standard InChI is InChI=1S/C13H14N4O.C11H9N5/c1-16(2)7-5-13(18)11-8-15-17(10-11)12-4-3-6-14-9-12;1-2-10(7-12-4-1)16-8-9(6-14-16)11-3-5-13-15-11/h3-10H,1-2H3;1-8H,(H,13,15)/b7-5+;. The molecule has 0 amide bonds. The highest BCUT2D eigenvalue weighted by Gasteiger charge is 2.06. The number of allylic oxidation sites excluding steroid dienone is 1. The number of carbonyl (C=O) groups excluding carboxylic acids is 1. The minimum absolute atomic E-state index is 0.0705. The summed E-state index contributed by atoms with van der Waals surface area (Å²) in [7, 11) is 3.73. The molecular weight excluding hydrogens is 430 g/mol. The van der Waals surface area contributed by atoms with Gasteiger partial charge in [0.1, 0.15) is 0 Å². The maximum absolute atomic E-state index is 11.8. The summed E-state index contributed by atoms with van der Waals surface area (Å²) in [6.45, 7) is 0. The average molecular weight is 454 g/mol. The maximum Gasteiger partial charge on any atom is 0.190 e. The highest BCUT2D eigenvalue weighted by molar-refractivity contribution is 6.04. The number of nitrogens with one attached hydrogen (secondary N) is 1. The first-order chi connectivity index (χ1) is 16.6. The second-order valence-corrected chi connectivity index (χ2v) is 7.38. The lowest BCUT2D eigenvalue weighted by Gasteiger charge is -2.01. The summed E-state index contributed by atoms with van der Waals surface area (Å²) in [6.07, 6.45) is 18.8. The lowest BCUT2D eigenvalue weighted by atomic mass is 10.2. The Morgan fingerprint density at radius 3 is 2.15 bits per heavy atom. The topological polar surface area (TPSA) is 110 Å². The quantitative estimate of drug-likeness (QED) is 0.310. The van der Waals surface area contributed by atoms with Crippen LogP contribution in [0.4, 0.5) is 0 Å². The van der Waals surface area contributed by atoms with Gasteiger partial charge in [0.25, 0.3) is 0 Å². The van der Waals surface area contributed by atoms with Gasteiger partial charge in [-0.15, -0.1) is 0 Å². The van der Waals surface area contributed by atoms with E-state index >= 15 is 0 Å². The Kier molecular flexibility index (Phi) is 6.99. The van der Waals surface area contributed by atoms with Crippen molar-refractivity contribution >= 4 is 5.78 Å². The van der Waals surface area contributed by atoms with Crippen molar-refractivity contribution in [1.29, 1.82) is 0 Å². The fraction of sp³-hybridized carbons (Fsp3) is 0.0833. The number of hydrogen-bond acceptors (Lipinski definition) is 7. The predicted molar refractivity (Wildman–Crippen MR) is 127 cm³/mol. The van der Waals surface area contributed by atoms with E-state index in [1.165, 1.54) is 6.08 Å². The van der Waals surface area contributed by atoms with Crippen LogP contribution in [0, 0.1) is 0 Å². The molecule has 0 aliphatic carbocycles. The Balaban J connectivity index is 0.000000162. The highest BCUT2D eigenvalue weighted by Crippen LogP contribution is 2.16. The summed E-state index contributed by atoms with van der Waals surface area (Å²) in [6, 6.07) is 9.45. The van der Waals surface area contributed by atoms with Crippen LogP contribution < -0.4 is 0 Å². The molecule has 0 saturated carbocycles. The molecule has 0 aliphatic rings. The van der Waals surface area contributed by atoms with Crippen LogP contribution in [0.1, 0.15) is 10.4 Å². The molecule has 5 aromatic rings. The fourth-order valence-corrected chi connectivity index (χ4v) is 2.90. The zero-order chi connectivity index (χ0) is 23.8. The maximum atomic E-state index is 11.8. The molecule has 0 spiro atoms. The average Bonchev–Trinajstić information content (AvgIpc) is 3.65. The number of ketones is 1. The molecule has 5 rings (SSSR count). The molecule has 0 aromatic carbocycles. The van der Waals surface area contributed by atoms with Crippen molar-refractivity contribution in [1.82, 2.24) is 44.6 Å². The van der Waals surface area contributed by atoms with Gasteiger partial charge in [0.15, 0.2) is 5.78 Å². The first-order valence-electron chi connectivity index (χ1n) is 10.4. The van der Waals surface area contributed by atoms with Gasteiger partial charge in [-0.2, -0.15) is 15.3 Å².